The summed E-state index contributed by atoms with van der Waals surface area (Å²) in [5.74, 6) is -0.0370. The van der Waals surface area contributed by atoms with E-state index in [1.165, 1.54) is 10.4 Å². The number of halogens is 1. The van der Waals surface area contributed by atoms with Crippen molar-refractivity contribution >= 4 is 40.2 Å². The van der Waals surface area contributed by atoms with Gasteiger partial charge in [-0.25, -0.2) is 0 Å². The van der Waals surface area contributed by atoms with Gasteiger partial charge in [-0.1, -0.05) is 11.6 Å². The monoisotopic (exact) mass is 335 g/mol. The summed E-state index contributed by atoms with van der Waals surface area (Å²) in [6, 6.07) is 7.26. The van der Waals surface area contributed by atoms with Crippen molar-refractivity contribution in [3.63, 3.8) is 0 Å². The van der Waals surface area contributed by atoms with E-state index in [0.717, 1.165) is 26.1 Å². The van der Waals surface area contributed by atoms with E-state index in [9.17, 15) is 4.79 Å². The van der Waals surface area contributed by atoms with Crippen LogP contribution in [0.1, 0.15) is 16.9 Å². The second kappa shape index (κ2) is 6.69. The fourth-order valence-corrected chi connectivity index (χ4v) is 3.67. The summed E-state index contributed by atoms with van der Waals surface area (Å²) < 4.78 is 0. The number of amides is 1. The number of hydrogen-bond acceptors (Lipinski definition) is 4. The van der Waals surface area contributed by atoms with Crippen molar-refractivity contribution in [3.05, 3.63) is 45.1 Å². The van der Waals surface area contributed by atoms with Crippen LogP contribution in [0.25, 0.3) is 0 Å². The van der Waals surface area contributed by atoms with Crippen LogP contribution in [0.4, 0.5) is 11.4 Å². The SMILES string of the molecule is Nc1ccc(Cl)cc1NC(=O)CCN1CCc2sccc2C1. The lowest BCUT2D eigenvalue weighted by Gasteiger charge is -2.26. The zero-order valence-electron chi connectivity index (χ0n) is 12.1. The van der Waals surface area contributed by atoms with Crippen molar-refractivity contribution in [2.24, 2.45) is 0 Å². The standard InChI is InChI=1S/C16H18ClN3OS/c17-12-1-2-13(18)14(9-12)19-16(21)4-7-20-6-3-15-11(10-20)5-8-22-15/h1-2,5,8-9H,3-4,6-7,10,18H2,(H,19,21). The number of nitrogens with zero attached hydrogens (tertiary/aromatic N) is 1. The van der Waals surface area contributed by atoms with Crippen molar-refractivity contribution in [2.45, 2.75) is 19.4 Å². The predicted octanol–water partition coefficient (Wildman–Crippen LogP) is 3.37. The van der Waals surface area contributed by atoms with E-state index >= 15 is 0 Å². The Morgan fingerprint density at radius 1 is 1.41 bits per heavy atom. The van der Waals surface area contributed by atoms with Crippen molar-refractivity contribution in [2.75, 3.05) is 24.1 Å². The number of anilines is 2. The van der Waals surface area contributed by atoms with Crippen LogP contribution in [0.2, 0.25) is 5.02 Å². The first-order valence-corrected chi connectivity index (χ1v) is 8.50. The molecule has 3 N–H and O–H groups in total. The molecule has 1 aliphatic heterocycles. The second-order valence-corrected chi connectivity index (χ2v) is 6.86. The molecular formula is C16H18ClN3OS. The number of thiophene rings is 1. The molecule has 0 radical (unpaired) electrons. The van der Waals surface area contributed by atoms with Crippen LogP contribution in [0, 0.1) is 0 Å². The molecule has 1 aromatic carbocycles. The highest BCUT2D eigenvalue weighted by molar-refractivity contribution is 7.10. The molecule has 4 nitrogen and oxygen atoms in total. The fourth-order valence-electron chi connectivity index (χ4n) is 2.61. The van der Waals surface area contributed by atoms with Gasteiger partial charge >= 0.3 is 0 Å². The molecule has 116 valence electrons. The Balaban J connectivity index is 1.52. The van der Waals surface area contributed by atoms with Crippen LogP contribution in [0.5, 0.6) is 0 Å². The molecule has 0 fully saturated rings. The van der Waals surface area contributed by atoms with Gasteiger partial charge in [-0.2, -0.15) is 0 Å². The Hall–Kier alpha value is -1.56. The molecular weight excluding hydrogens is 318 g/mol. The number of hydrogen-bond donors (Lipinski definition) is 2. The van der Waals surface area contributed by atoms with E-state index in [4.69, 9.17) is 17.3 Å². The molecule has 6 heteroatoms. The Morgan fingerprint density at radius 2 is 2.27 bits per heavy atom. The van der Waals surface area contributed by atoms with Gasteiger partial charge in [-0.3, -0.25) is 9.69 Å². The maximum absolute atomic E-state index is 12.1. The second-order valence-electron chi connectivity index (χ2n) is 5.42. The number of nitrogens with two attached hydrogens (primary N) is 1. The molecule has 2 heterocycles. The minimum atomic E-state index is -0.0370. The molecule has 0 unspecified atom stereocenters. The number of nitrogens with one attached hydrogen (secondary N) is 1. The zero-order valence-corrected chi connectivity index (χ0v) is 13.7. The van der Waals surface area contributed by atoms with E-state index in [1.54, 1.807) is 18.2 Å². The summed E-state index contributed by atoms with van der Waals surface area (Å²) in [5, 5.41) is 5.53. The van der Waals surface area contributed by atoms with Gasteiger partial charge < -0.3 is 11.1 Å². The quantitative estimate of drug-likeness (QED) is 0.842. The number of nitrogen functional groups attached to an aromatic ring is 1. The summed E-state index contributed by atoms with van der Waals surface area (Å²) in [7, 11) is 0. The highest BCUT2D eigenvalue weighted by atomic mass is 35.5. The Labute approximate surface area is 138 Å². The Bertz CT molecular complexity index is 686. The van der Waals surface area contributed by atoms with Crippen molar-refractivity contribution in [3.8, 4) is 0 Å². The van der Waals surface area contributed by atoms with Gasteiger partial charge in [0.05, 0.1) is 11.4 Å². The van der Waals surface area contributed by atoms with Gasteiger partial charge in [0.15, 0.2) is 0 Å². The molecule has 22 heavy (non-hydrogen) atoms. The van der Waals surface area contributed by atoms with Crippen molar-refractivity contribution < 1.29 is 4.79 Å². The highest BCUT2D eigenvalue weighted by Crippen LogP contribution is 2.25. The molecule has 0 saturated carbocycles. The molecule has 1 aromatic heterocycles. The first kappa shape index (κ1) is 15.3. The van der Waals surface area contributed by atoms with Gasteiger partial charge in [-0.05, 0) is 41.6 Å². The minimum Gasteiger partial charge on any atom is -0.397 e. The summed E-state index contributed by atoms with van der Waals surface area (Å²) in [6.45, 7) is 2.70. The Kier molecular flexibility index (Phi) is 4.66. The summed E-state index contributed by atoms with van der Waals surface area (Å²) in [4.78, 5) is 15.9. The van der Waals surface area contributed by atoms with Crippen LogP contribution in [0.3, 0.4) is 0 Å². The minimum absolute atomic E-state index is 0.0370. The van der Waals surface area contributed by atoms with Crippen LogP contribution >= 0.6 is 22.9 Å². The first-order valence-electron chi connectivity index (χ1n) is 7.24. The summed E-state index contributed by atoms with van der Waals surface area (Å²) in [6.07, 6.45) is 1.53. The van der Waals surface area contributed by atoms with Gasteiger partial charge in [0.1, 0.15) is 0 Å². The third-order valence-electron chi connectivity index (χ3n) is 3.83. The number of carbonyl (C=O) groups is 1. The van der Waals surface area contributed by atoms with E-state index < -0.39 is 0 Å². The van der Waals surface area contributed by atoms with Crippen molar-refractivity contribution in [1.29, 1.82) is 0 Å². The average molecular weight is 336 g/mol. The van der Waals surface area contributed by atoms with E-state index in [2.05, 4.69) is 21.7 Å². The van der Waals surface area contributed by atoms with Gasteiger partial charge in [0, 0.05) is 36.0 Å². The molecule has 0 atom stereocenters. The smallest absolute Gasteiger partial charge is 0.225 e. The summed E-state index contributed by atoms with van der Waals surface area (Å²) in [5.41, 5.74) is 8.34. The number of rotatable bonds is 4. The predicted molar refractivity (Wildman–Crippen MR) is 92.4 cm³/mol. The van der Waals surface area contributed by atoms with E-state index in [-0.39, 0.29) is 5.91 Å². The third kappa shape index (κ3) is 3.61. The zero-order chi connectivity index (χ0) is 15.5. The van der Waals surface area contributed by atoms with Crippen LogP contribution in [-0.4, -0.2) is 23.9 Å². The lowest BCUT2D eigenvalue weighted by Crippen LogP contribution is -2.32. The van der Waals surface area contributed by atoms with Crippen LogP contribution < -0.4 is 11.1 Å². The lowest BCUT2D eigenvalue weighted by atomic mass is 10.1. The Morgan fingerprint density at radius 3 is 3.14 bits per heavy atom. The van der Waals surface area contributed by atoms with Crippen molar-refractivity contribution in [1.82, 2.24) is 4.90 Å². The maximum Gasteiger partial charge on any atom is 0.225 e. The molecule has 0 bridgehead atoms. The van der Waals surface area contributed by atoms with Crippen LogP contribution in [-0.2, 0) is 17.8 Å². The normalized spacial score (nSPS) is 14.6. The fraction of sp³-hybridized carbons (Fsp3) is 0.312. The van der Waals surface area contributed by atoms with Crippen LogP contribution in [0.15, 0.2) is 29.6 Å². The lowest BCUT2D eigenvalue weighted by molar-refractivity contribution is -0.116. The molecule has 2 aromatic rings. The number of fused-ring (bicyclic) bond motifs is 1. The molecule has 0 spiro atoms. The molecule has 0 saturated heterocycles. The highest BCUT2D eigenvalue weighted by Gasteiger charge is 2.17. The van der Waals surface area contributed by atoms with E-state index in [1.807, 2.05) is 11.3 Å². The van der Waals surface area contributed by atoms with Gasteiger partial charge in [0.25, 0.3) is 0 Å². The molecule has 0 aliphatic carbocycles. The number of carbonyl (C=O) groups excluding carboxylic acids is 1. The molecule has 3 rings (SSSR count). The third-order valence-corrected chi connectivity index (χ3v) is 5.09. The first-order chi connectivity index (χ1) is 10.6. The largest absolute Gasteiger partial charge is 0.397 e. The van der Waals surface area contributed by atoms with Gasteiger partial charge in [-0.15, -0.1) is 11.3 Å². The topological polar surface area (TPSA) is 58.4 Å². The molecule has 1 aliphatic rings. The van der Waals surface area contributed by atoms with Gasteiger partial charge in [0.2, 0.25) is 5.91 Å². The number of benzene rings is 1. The average Bonchev–Trinajstić information content (AvgIpc) is 2.96. The summed E-state index contributed by atoms with van der Waals surface area (Å²) >= 11 is 7.75. The van der Waals surface area contributed by atoms with E-state index in [0.29, 0.717) is 22.8 Å². The maximum atomic E-state index is 12.1. The molecule has 1 amide bonds.